The molecule has 1 rings (SSSR count). The normalized spacial score (nSPS) is 12.9. The highest BCUT2D eigenvalue weighted by molar-refractivity contribution is 6.92. The van der Waals surface area contributed by atoms with E-state index in [0.717, 1.165) is 5.56 Å². The van der Waals surface area contributed by atoms with Gasteiger partial charge in [0.1, 0.15) is 5.75 Å². The number of hydrogen-bond donors (Lipinski definition) is 1. The quantitative estimate of drug-likeness (QED) is 0.722. The van der Waals surface area contributed by atoms with E-state index in [-0.39, 0.29) is 0 Å². The van der Waals surface area contributed by atoms with Crippen LogP contribution in [0, 0.1) is 6.92 Å². The Hall–Kier alpha value is -0.763. The maximum Gasteiger partial charge on any atom is 0.118 e. The van der Waals surface area contributed by atoms with Crippen LogP contribution in [0.15, 0.2) is 18.2 Å². The lowest BCUT2D eigenvalue weighted by Crippen LogP contribution is -2.50. The van der Waals surface area contributed by atoms with Crippen LogP contribution in [0.5, 0.6) is 5.75 Å². The van der Waals surface area contributed by atoms with E-state index in [1.165, 1.54) is 5.19 Å². The number of aromatic hydroxyl groups is 1. The van der Waals surface area contributed by atoms with E-state index in [2.05, 4.69) is 39.9 Å². The van der Waals surface area contributed by atoms with Gasteiger partial charge in [0.05, 0.1) is 8.07 Å². The smallest absolute Gasteiger partial charge is 0.118 e. The van der Waals surface area contributed by atoms with Crippen LogP contribution in [-0.2, 0) is 0 Å². The fourth-order valence-corrected chi connectivity index (χ4v) is 4.09. The highest BCUT2D eigenvalue weighted by Crippen LogP contribution is 2.36. The monoisotopic (exact) mass is 222 g/mol. The van der Waals surface area contributed by atoms with Crippen molar-refractivity contribution in [3.8, 4) is 5.75 Å². The summed E-state index contributed by atoms with van der Waals surface area (Å²) >= 11 is 0. The number of rotatable bonds is 1. The minimum absolute atomic E-state index is 0.311. The Morgan fingerprint density at radius 2 is 1.67 bits per heavy atom. The van der Waals surface area contributed by atoms with Gasteiger partial charge in [0.25, 0.3) is 0 Å². The molecule has 0 unspecified atom stereocenters. The minimum atomic E-state index is -1.52. The van der Waals surface area contributed by atoms with Crippen molar-refractivity contribution in [1.29, 1.82) is 0 Å². The van der Waals surface area contributed by atoms with E-state index in [4.69, 9.17) is 0 Å². The van der Waals surface area contributed by atoms with Gasteiger partial charge in [-0.15, -0.1) is 0 Å². The molecule has 0 heterocycles. The number of hydrogen-bond acceptors (Lipinski definition) is 1. The number of phenolic OH excluding ortho intramolecular Hbond substituents is 1. The van der Waals surface area contributed by atoms with E-state index in [1.54, 1.807) is 6.07 Å². The second-order valence-electron chi connectivity index (χ2n) is 5.82. The zero-order valence-corrected chi connectivity index (χ0v) is 11.7. The Kier molecular flexibility index (Phi) is 3.01. The molecule has 0 amide bonds. The summed E-state index contributed by atoms with van der Waals surface area (Å²) in [5.41, 5.74) is 1.06. The summed E-state index contributed by atoms with van der Waals surface area (Å²) in [5.74, 6) is 0.428. The van der Waals surface area contributed by atoms with E-state index >= 15 is 0 Å². The van der Waals surface area contributed by atoms with E-state index in [1.807, 2.05) is 13.0 Å². The fraction of sp³-hybridized carbons (Fsp3) is 0.538. The first kappa shape index (κ1) is 12.3. The van der Waals surface area contributed by atoms with Gasteiger partial charge in [-0.25, -0.2) is 0 Å². The molecule has 84 valence electrons. The molecular weight excluding hydrogens is 200 g/mol. The summed E-state index contributed by atoms with van der Waals surface area (Å²) in [5, 5.41) is 11.4. The third-order valence-corrected chi connectivity index (χ3v) is 9.49. The van der Waals surface area contributed by atoms with E-state index in [9.17, 15) is 5.11 Å². The molecule has 0 aliphatic heterocycles. The topological polar surface area (TPSA) is 20.2 Å². The molecule has 0 spiro atoms. The van der Waals surface area contributed by atoms with Crippen LogP contribution >= 0.6 is 0 Å². The zero-order chi connectivity index (χ0) is 11.9. The molecule has 0 atom stereocenters. The molecule has 1 N–H and O–H groups in total. The van der Waals surface area contributed by atoms with Gasteiger partial charge >= 0.3 is 0 Å². The summed E-state index contributed by atoms with van der Waals surface area (Å²) in [6.07, 6.45) is 0. The summed E-state index contributed by atoms with van der Waals surface area (Å²) in [6.45, 7) is 13.6. The van der Waals surface area contributed by atoms with Gasteiger partial charge < -0.3 is 5.11 Å². The van der Waals surface area contributed by atoms with Gasteiger partial charge in [-0.2, -0.15) is 0 Å². The van der Waals surface area contributed by atoms with Crippen LogP contribution in [0.4, 0.5) is 0 Å². The van der Waals surface area contributed by atoms with Crippen LogP contribution < -0.4 is 5.19 Å². The second-order valence-corrected chi connectivity index (χ2v) is 11.1. The summed E-state index contributed by atoms with van der Waals surface area (Å²) in [4.78, 5) is 0. The molecule has 2 heteroatoms. The molecule has 1 nitrogen and oxygen atoms in total. The average molecular weight is 222 g/mol. The van der Waals surface area contributed by atoms with Gasteiger partial charge in [-0.3, -0.25) is 0 Å². The third kappa shape index (κ3) is 2.10. The molecule has 1 aromatic rings. The summed E-state index contributed by atoms with van der Waals surface area (Å²) in [6, 6.07) is 5.90. The molecule has 0 fully saturated rings. The summed E-state index contributed by atoms with van der Waals surface area (Å²) in [7, 11) is -1.52. The standard InChI is InChI=1S/C13H22OSi/c1-10-11(14)8-7-9-12(10)15(5,6)13(2,3)4/h7-9,14H,1-6H3. The SMILES string of the molecule is Cc1c(O)cccc1[Si](C)(C)C(C)(C)C. The Morgan fingerprint density at radius 3 is 2.13 bits per heavy atom. The Labute approximate surface area is 94.2 Å². The first-order valence-electron chi connectivity index (χ1n) is 5.47. The van der Waals surface area contributed by atoms with Gasteiger partial charge in [0.2, 0.25) is 0 Å². The lowest BCUT2D eigenvalue weighted by atomic mass is 10.2. The first-order valence-corrected chi connectivity index (χ1v) is 8.47. The second kappa shape index (κ2) is 3.67. The average Bonchev–Trinajstić information content (AvgIpc) is 2.07. The molecule has 15 heavy (non-hydrogen) atoms. The molecular formula is C13H22OSi. The Bertz CT molecular complexity index is 361. The van der Waals surface area contributed by atoms with Crippen molar-refractivity contribution < 1.29 is 5.11 Å². The van der Waals surface area contributed by atoms with Crippen LogP contribution in [0.3, 0.4) is 0 Å². The maximum atomic E-state index is 9.75. The predicted octanol–water partition coefficient (Wildman–Crippen LogP) is 3.42. The lowest BCUT2D eigenvalue weighted by Gasteiger charge is -2.38. The van der Waals surface area contributed by atoms with Gasteiger partial charge in [-0.05, 0) is 23.6 Å². The van der Waals surface area contributed by atoms with Crippen molar-refractivity contribution in [3.05, 3.63) is 23.8 Å². The molecule has 1 aromatic carbocycles. The molecule has 0 bridgehead atoms. The number of benzene rings is 1. The lowest BCUT2D eigenvalue weighted by molar-refractivity contribution is 0.471. The van der Waals surface area contributed by atoms with Crippen molar-refractivity contribution in [2.75, 3.05) is 0 Å². The highest BCUT2D eigenvalue weighted by atomic mass is 28.3. The van der Waals surface area contributed by atoms with Gasteiger partial charge in [-0.1, -0.05) is 51.2 Å². The van der Waals surface area contributed by atoms with Crippen LogP contribution in [0.25, 0.3) is 0 Å². The minimum Gasteiger partial charge on any atom is -0.508 e. The van der Waals surface area contributed by atoms with Crippen LogP contribution in [-0.4, -0.2) is 13.2 Å². The van der Waals surface area contributed by atoms with Crippen molar-refractivity contribution in [3.63, 3.8) is 0 Å². The van der Waals surface area contributed by atoms with E-state index in [0.29, 0.717) is 10.8 Å². The van der Waals surface area contributed by atoms with Crippen molar-refractivity contribution in [2.24, 2.45) is 0 Å². The maximum absolute atomic E-state index is 9.75. The summed E-state index contributed by atoms with van der Waals surface area (Å²) < 4.78 is 0. The molecule has 0 aliphatic carbocycles. The van der Waals surface area contributed by atoms with Crippen molar-refractivity contribution in [1.82, 2.24) is 0 Å². The molecule has 0 aromatic heterocycles. The molecule has 0 saturated carbocycles. The highest BCUT2D eigenvalue weighted by Gasteiger charge is 2.37. The van der Waals surface area contributed by atoms with Gasteiger partial charge in [0.15, 0.2) is 0 Å². The van der Waals surface area contributed by atoms with Gasteiger partial charge in [0, 0.05) is 0 Å². The predicted molar refractivity (Wildman–Crippen MR) is 69.7 cm³/mol. The molecule has 0 radical (unpaired) electrons. The van der Waals surface area contributed by atoms with Crippen LogP contribution in [0.2, 0.25) is 18.1 Å². The van der Waals surface area contributed by atoms with Crippen molar-refractivity contribution >= 4 is 13.3 Å². The Balaban J connectivity index is 3.34. The Morgan fingerprint density at radius 1 is 1.13 bits per heavy atom. The zero-order valence-electron chi connectivity index (χ0n) is 10.7. The fourth-order valence-electron chi connectivity index (χ4n) is 1.70. The molecule has 0 aliphatic rings. The third-order valence-electron chi connectivity index (χ3n) is 3.85. The number of phenols is 1. The molecule has 0 saturated heterocycles. The first-order chi connectivity index (χ1) is 6.68. The van der Waals surface area contributed by atoms with Crippen LogP contribution in [0.1, 0.15) is 26.3 Å². The van der Waals surface area contributed by atoms with E-state index < -0.39 is 8.07 Å². The largest absolute Gasteiger partial charge is 0.508 e. The van der Waals surface area contributed by atoms with Crippen molar-refractivity contribution in [2.45, 2.75) is 45.8 Å².